The van der Waals surface area contributed by atoms with Gasteiger partial charge in [-0.15, -0.1) is 0 Å². The van der Waals surface area contributed by atoms with Crippen molar-refractivity contribution < 1.29 is 29.4 Å². The standard InChI is InChI=1S/C18H33N7O6S/c1-9(26)13(16(29)25-7-3-5-12(25)17(30)31)24-15(28)11(4-2-6-22-18(20)21)23-14(27)10(19)8-32/h9-13,26,32H,2-8,19H2,1H3,(H,23,27)(H,24,28)(H,30,31)(H4,20,21,22). The van der Waals surface area contributed by atoms with Crippen LogP contribution in [-0.4, -0.2) is 93.9 Å². The van der Waals surface area contributed by atoms with Crippen LogP contribution in [0.15, 0.2) is 4.99 Å². The van der Waals surface area contributed by atoms with Gasteiger partial charge in [0, 0.05) is 18.8 Å². The summed E-state index contributed by atoms with van der Waals surface area (Å²) < 4.78 is 0. The SMILES string of the molecule is CC(O)C(NC(=O)C(CCCN=C(N)N)NC(=O)C(N)CS)C(=O)N1CCCC1C(=O)O. The second kappa shape index (κ2) is 13.1. The van der Waals surface area contributed by atoms with Gasteiger partial charge in [-0.3, -0.25) is 19.4 Å². The second-order valence-corrected chi connectivity index (χ2v) is 7.92. The number of hydrogen-bond acceptors (Lipinski definition) is 8. The number of likely N-dealkylation sites (tertiary alicyclic amines) is 1. The lowest BCUT2D eigenvalue weighted by Crippen LogP contribution is -2.60. The molecule has 1 aliphatic heterocycles. The van der Waals surface area contributed by atoms with E-state index in [9.17, 15) is 29.4 Å². The Morgan fingerprint density at radius 1 is 1.22 bits per heavy atom. The maximum Gasteiger partial charge on any atom is 0.326 e. The highest BCUT2D eigenvalue weighted by molar-refractivity contribution is 7.80. The zero-order chi connectivity index (χ0) is 24.4. The highest BCUT2D eigenvalue weighted by Crippen LogP contribution is 2.19. The first-order valence-electron chi connectivity index (χ1n) is 10.2. The Bertz CT molecular complexity index is 716. The lowest BCUT2D eigenvalue weighted by atomic mass is 10.1. The minimum absolute atomic E-state index is 0.0501. The van der Waals surface area contributed by atoms with E-state index in [0.29, 0.717) is 12.8 Å². The van der Waals surface area contributed by atoms with E-state index in [2.05, 4.69) is 28.3 Å². The van der Waals surface area contributed by atoms with Gasteiger partial charge >= 0.3 is 5.97 Å². The van der Waals surface area contributed by atoms with Gasteiger partial charge in [0.1, 0.15) is 18.1 Å². The zero-order valence-electron chi connectivity index (χ0n) is 17.9. The van der Waals surface area contributed by atoms with Crippen LogP contribution >= 0.6 is 12.6 Å². The molecule has 0 aromatic heterocycles. The first kappa shape index (κ1) is 27.5. The Kier molecular flexibility index (Phi) is 11.2. The molecule has 0 aliphatic carbocycles. The van der Waals surface area contributed by atoms with E-state index in [1.54, 1.807) is 0 Å². The molecule has 0 saturated carbocycles. The van der Waals surface area contributed by atoms with Crippen LogP contribution in [0.5, 0.6) is 0 Å². The molecule has 5 atom stereocenters. The molecular formula is C18H33N7O6S. The van der Waals surface area contributed by atoms with Gasteiger partial charge in [0.2, 0.25) is 17.7 Å². The second-order valence-electron chi connectivity index (χ2n) is 7.55. The van der Waals surface area contributed by atoms with E-state index in [0.717, 1.165) is 4.90 Å². The average molecular weight is 476 g/mol. The summed E-state index contributed by atoms with van der Waals surface area (Å²) in [7, 11) is 0. The van der Waals surface area contributed by atoms with Gasteiger partial charge in [-0.05, 0) is 32.6 Å². The quantitative estimate of drug-likeness (QED) is 0.0612. The third-order valence-electron chi connectivity index (χ3n) is 4.98. The summed E-state index contributed by atoms with van der Waals surface area (Å²) >= 11 is 3.96. The first-order chi connectivity index (χ1) is 15.0. The summed E-state index contributed by atoms with van der Waals surface area (Å²) in [5.74, 6) is -3.29. The zero-order valence-corrected chi connectivity index (χ0v) is 18.8. The van der Waals surface area contributed by atoms with Crippen molar-refractivity contribution in [2.45, 2.75) is 62.9 Å². The van der Waals surface area contributed by atoms with Crippen molar-refractivity contribution in [2.24, 2.45) is 22.2 Å². The minimum atomic E-state index is -1.39. The number of carboxylic acids is 1. The molecule has 0 aromatic rings. The topological polar surface area (TPSA) is 226 Å². The molecule has 1 rings (SSSR count). The number of thiol groups is 1. The molecule has 13 nitrogen and oxygen atoms in total. The predicted octanol–water partition coefficient (Wildman–Crippen LogP) is -3.28. The molecule has 32 heavy (non-hydrogen) atoms. The van der Waals surface area contributed by atoms with Crippen molar-refractivity contribution in [3.8, 4) is 0 Å². The van der Waals surface area contributed by atoms with Gasteiger partial charge in [0.05, 0.1) is 12.1 Å². The number of carbonyl (C=O) groups is 4. The lowest BCUT2D eigenvalue weighted by Gasteiger charge is -2.30. The van der Waals surface area contributed by atoms with Crippen molar-refractivity contribution in [3.05, 3.63) is 0 Å². The fourth-order valence-corrected chi connectivity index (χ4v) is 3.41. The number of amides is 3. The molecule has 182 valence electrons. The third-order valence-corrected chi connectivity index (χ3v) is 5.37. The highest BCUT2D eigenvalue weighted by Gasteiger charge is 2.40. The number of hydrogen-bond donors (Lipinski definition) is 8. The van der Waals surface area contributed by atoms with Crippen LogP contribution in [0.4, 0.5) is 0 Å². The summed E-state index contributed by atoms with van der Waals surface area (Å²) in [6, 6.07) is -4.46. The molecule has 1 heterocycles. The summed E-state index contributed by atoms with van der Waals surface area (Å²) in [4.78, 5) is 54.3. The smallest absolute Gasteiger partial charge is 0.326 e. The summed E-state index contributed by atoms with van der Waals surface area (Å²) in [5.41, 5.74) is 16.2. The van der Waals surface area contributed by atoms with E-state index >= 15 is 0 Å². The van der Waals surface area contributed by atoms with E-state index in [1.165, 1.54) is 6.92 Å². The number of aliphatic hydroxyl groups is 1. The number of nitrogens with one attached hydrogen (secondary N) is 2. The number of carboxylic acid groups (broad SMARTS) is 1. The van der Waals surface area contributed by atoms with Gasteiger partial charge in [-0.2, -0.15) is 12.6 Å². The third kappa shape index (κ3) is 8.16. The van der Waals surface area contributed by atoms with Gasteiger partial charge in [0.15, 0.2) is 5.96 Å². The number of guanidine groups is 1. The molecule has 1 fully saturated rings. The van der Waals surface area contributed by atoms with Gasteiger partial charge in [-0.1, -0.05) is 0 Å². The number of aliphatic carboxylic acids is 1. The molecule has 0 bridgehead atoms. The predicted molar refractivity (Wildman–Crippen MR) is 120 cm³/mol. The molecule has 0 spiro atoms. The Morgan fingerprint density at radius 3 is 2.41 bits per heavy atom. The largest absolute Gasteiger partial charge is 0.480 e. The Morgan fingerprint density at radius 2 is 1.88 bits per heavy atom. The van der Waals surface area contributed by atoms with Gasteiger partial charge in [-0.25, -0.2) is 4.79 Å². The Labute approximate surface area is 191 Å². The Hall–Kier alpha value is -2.58. The maximum atomic E-state index is 12.9. The molecule has 3 amide bonds. The maximum absolute atomic E-state index is 12.9. The molecule has 5 unspecified atom stereocenters. The Balaban J connectivity index is 2.95. The van der Waals surface area contributed by atoms with Crippen LogP contribution in [0.3, 0.4) is 0 Å². The van der Waals surface area contributed by atoms with Crippen molar-refractivity contribution in [1.29, 1.82) is 0 Å². The molecule has 14 heteroatoms. The van der Waals surface area contributed by atoms with E-state index in [1.807, 2.05) is 0 Å². The number of aliphatic imine (C=N–C) groups is 1. The van der Waals surface area contributed by atoms with Crippen LogP contribution in [-0.2, 0) is 19.2 Å². The van der Waals surface area contributed by atoms with E-state index < -0.39 is 54.0 Å². The van der Waals surface area contributed by atoms with Crippen molar-refractivity contribution >= 4 is 42.3 Å². The molecule has 1 saturated heterocycles. The molecular weight excluding hydrogens is 442 g/mol. The summed E-state index contributed by atoms with van der Waals surface area (Å²) in [6.07, 6.45) is -0.0805. The van der Waals surface area contributed by atoms with Crippen LogP contribution in [0.1, 0.15) is 32.6 Å². The minimum Gasteiger partial charge on any atom is -0.480 e. The monoisotopic (exact) mass is 475 g/mol. The summed E-state index contributed by atoms with van der Waals surface area (Å²) in [6.45, 7) is 1.70. The number of nitrogens with zero attached hydrogens (tertiary/aromatic N) is 2. The molecule has 1 aliphatic rings. The van der Waals surface area contributed by atoms with Crippen LogP contribution in [0.25, 0.3) is 0 Å². The number of nitrogens with two attached hydrogens (primary N) is 3. The summed E-state index contributed by atoms with van der Waals surface area (Å²) in [5, 5.41) is 24.4. The van der Waals surface area contributed by atoms with Crippen molar-refractivity contribution in [2.75, 3.05) is 18.8 Å². The fourth-order valence-electron chi connectivity index (χ4n) is 3.24. The average Bonchev–Trinajstić information content (AvgIpc) is 3.22. The first-order valence-corrected chi connectivity index (χ1v) is 10.9. The van der Waals surface area contributed by atoms with Crippen LogP contribution in [0.2, 0.25) is 0 Å². The molecule has 10 N–H and O–H groups in total. The fraction of sp³-hybridized carbons (Fsp3) is 0.722. The van der Waals surface area contributed by atoms with Gasteiger partial charge < -0.3 is 42.9 Å². The highest BCUT2D eigenvalue weighted by atomic mass is 32.1. The van der Waals surface area contributed by atoms with Crippen LogP contribution < -0.4 is 27.8 Å². The van der Waals surface area contributed by atoms with Crippen molar-refractivity contribution in [1.82, 2.24) is 15.5 Å². The van der Waals surface area contributed by atoms with Crippen LogP contribution in [0, 0.1) is 0 Å². The van der Waals surface area contributed by atoms with E-state index in [-0.39, 0.29) is 37.6 Å². The van der Waals surface area contributed by atoms with Gasteiger partial charge in [0.25, 0.3) is 0 Å². The number of aliphatic hydroxyl groups excluding tert-OH is 1. The molecule has 0 radical (unpaired) electrons. The normalized spacial score (nSPS) is 19.4. The number of rotatable bonds is 12. The number of carbonyl (C=O) groups excluding carboxylic acids is 3. The molecule has 0 aromatic carbocycles. The van der Waals surface area contributed by atoms with E-state index in [4.69, 9.17) is 17.2 Å². The lowest BCUT2D eigenvalue weighted by molar-refractivity contribution is -0.150. The van der Waals surface area contributed by atoms with Crippen molar-refractivity contribution in [3.63, 3.8) is 0 Å².